The number of hydrogen-bond acceptors (Lipinski definition) is 4. The molecule has 13 aromatic rings. The average Bonchev–Trinajstić information content (AvgIpc) is 4.28. The van der Waals surface area contributed by atoms with E-state index in [2.05, 4.69) is 198 Å². The minimum Gasteiger partial charge on any atom is -0.368 e. The first kappa shape index (κ1) is 37.8. The number of fused-ring (bicyclic) bond motifs is 12. The van der Waals surface area contributed by atoms with Crippen molar-refractivity contribution in [3.05, 3.63) is 183 Å². The maximum atomic E-state index is 4.95. The fourth-order valence-corrected chi connectivity index (χ4v) is 12.4. The molecule has 0 N–H and O–H groups in total. The van der Waals surface area contributed by atoms with E-state index in [-0.39, 0.29) is 0 Å². The molecule has 0 unspecified atom stereocenters. The second-order valence-corrected chi connectivity index (χ2v) is 18.7. The Morgan fingerprint density at radius 1 is 0.250 bits per heavy atom. The first-order valence-electron chi connectivity index (χ1n) is 24.2. The smallest absolute Gasteiger partial charge is 0.0992 e. The van der Waals surface area contributed by atoms with Crippen LogP contribution in [-0.2, 0) is 0 Å². The molecule has 0 amide bonds. The molecule has 2 fully saturated rings. The van der Waals surface area contributed by atoms with Crippen molar-refractivity contribution in [1.29, 1.82) is 0 Å². The van der Waals surface area contributed by atoms with Crippen LogP contribution in [0.5, 0.6) is 0 Å². The van der Waals surface area contributed by atoms with Gasteiger partial charge in [-0.05, 0) is 74.2 Å². The number of hydrogen-bond donors (Lipinski definition) is 0. The van der Waals surface area contributed by atoms with Crippen molar-refractivity contribution in [2.75, 3.05) is 36.0 Å². The minimum atomic E-state index is 0.957. The largest absolute Gasteiger partial charge is 0.368 e. The molecule has 8 heteroatoms. The average molecular weight is 879 g/mol. The maximum absolute atomic E-state index is 4.95. The molecule has 0 bridgehead atoms. The van der Waals surface area contributed by atoms with Gasteiger partial charge in [-0.15, -0.1) is 0 Å². The SMILES string of the molecule is c1ccc2c(c1)c1ccccc1n2-c1c(N2CCCC2)c(N2CCCC2)c(-n2c3ccccc3c3ccncc32)c(-n2c3ccccc3c3ccncc32)c1-n1c2ccccc2c2ccccc21. The Balaban J connectivity index is 1.32. The third-order valence-electron chi connectivity index (χ3n) is 15.2. The van der Waals surface area contributed by atoms with Crippen LogP contribution in [0.1, 0.15) is 25.7 Å². The molecule has 68 heavy (non-hydrogen) atoms. The summed E-state index contributed by atoms with van der Waals surface area (Å²) in [5, 5.41) is 9.68. The fraction of sp³-hybridized carbons (Fsp3) is 0.133. The number of rotatable bonds is 6. The molecule has 0 aliphatic carbocycles. The highest BCUT2D eigenvalue weighted by molar-refractivity contribution is 6.18. The van der Waals surface area contributed by atoms with Crippen molar-refractivity contribution < 1.29 is 0 Å². The van der Waals surface area contributed by atoms with Gasteiger partial charge < -0.3 is 28.1 Å². The van der Waals surface area contributed by atoms with Crippen LogP contribution in [0.3, 0.4) is 0 Å². The van der Waals surface area contributed by atoms with Gasteiger partial charge in [0.15, 0.2) is 0 Å². The van der Waals surface area contributed by atoms with E-state index in [1.54, 1.807) is 0 Å². The first-order valence-corrected chi connectivity index (χ1v) is 24.2. The third-order valence-corrected chi connectivity index (χ3v) is 15.2. The second-order valence-electron chi connectivity index (χ2n) is 18.7. The van der Waals surface area contributed by atoms with Gasteiger partial charge in [0, 0.05) is 81.7 Å². The zero-order valence-electron chi connectivity index (χ0n) is 37.6. The molecule has 8 heterocycles. The van der Waals surface area contributed by atoms with Gasteiger partial charge in [-0.25, -0.2) is 0 Å². The van der Waals surface area contributed by atoms with E-state index in [1.165, 1.54) is 71.2 Å². The summed E-state index contributed by atoms with van der Waals surface area (Å²) in [6, 6.07) is 58.5. The Hall–Kier alpha value is -8.36. The summed E-state index contributed by atoms with van der Waals surface area (Å²) in [5.74, 6) is 0. The predicted octanol–water partition coefficient (Wildman–Crippen LogP) is 14.1. The lowest BCUT2D eigenvalue weighted by Gasteiger charge is -2.37. The third kappa shape index (κ3) is 5.14. The Morgan fingerprint density at radius 2 is 0.485 bits per heavy atom. The Labute approximate surface area is 392 Å². The van der Waals surface area contributed by atoms with Crippen molar-refractivity contribution in [2.45, 2.75) is 25.7 Å². The van der Waals surface area contributed by atoms with Gasteiger partial charge in [0.25, 0.3) is 0 Å². The fourth-order valence-electron chi connectivity index (χ4n) is 12.4. The van der Waals surface area contributed by atoms with Crippen LogP contribution in [0.15, 0.2) is 183 Å². The van der Waals surface area contributed by atoms with Gasteiger partial charge in [-0.3, -0.25) is 9.97 Å². The van der Waals surface area contributed by atoms with Gasteiger partial charge in [0.2, 0.25) is 0 Å². The Kier molecular flexibility index (Phi) is 8.10. The first-order chi connectivity index (χ1) is 33.8. The molecule has 2 aliphatic rings. The minimum absolute atomic E-state index is 0.957. The molecule has 7 aromatic carbocycles. The molecule has 2 aliphatic heterocycles. The van der Waals surface area contributed by atoms with E-state index in [4.69, 9.17) is 9.97 Å². The number of para-hydroxylation sites is 6. The molecule has 326 valence electrons. The van der Waals surface area contributed by atoms with E-state index in [0.717, 1.165) is 102 Å². The molecule has 0 saturated carbocycles. The number of pyridine rings is 2. The van der Waals surface area contributed by atoms with Crippen LogP contribution >= 0.6 is 0 Å². The van der Waals surface area contributed by atoms with Crippen molar-refractivity contribution in [3.8, 4) is 22.7 Å². The molecular formula is C60H46N8. The maximum Gasteiger partial charge on any atom is 0.0992 e. The quantitative estimate of drug-likeness (QED) is 0.167. The standard InChI is InChI=1S/C60H46N8/c1-7-23-47-39(17-1)40-18-2-8-24-48(40)65(47)57-55(63-33-13-14-34-63)56(64-35-15-16-36-64)58(67-51-27-11-5-21-43(51)45-29-31-61-37-53(45)67)60(68-52-28-12-6-22-44(52)46-30-32-62-38-54(46)68)59(57)66-49-25-9-3-19-41(49)42-20-4-10-26-50(42)66/h1-12,17-32,37-38H,13-16,33-36H2. The van der Waals surface area contributed by atoms with Crippen molar-refractivity contribution in [3.63, 3.8) is 0 Å². The molecule has 0 atom stereocenters. The zero-order valence-corrected chi connectivity index (χ0v) is 37.6. The second kappa shape index (κ2) is 14.6. The molecule has 2 saturated heterocycles. The monoisotopic (exact) mass is 878 g/mol. The van der Waals surface area contributed by atoms with Gasteiger partial charge in [0.1, 0.15) is 0 Å². The van der Waals surface area contributed by atoms with Crippen LogP contribution < -0.4 is 9.80 Å². The molecule has 0 spiro atoms. The topological polar surface area (TPSA) is 52.0 Å². The summed E-state index contributed by atoms with van der Waals surface area (Å²) in [7, 11) is 0. The summed E-state index contributed by atoms with van der Waals surface area (Å²) in [6.45, 7) is 3.84. The summed E-state index contributed by atoms with van der Waals surface area (Å²) >= 11 is 0. The highest BCUT2D eigenvalue weighted by Gasteiger charge is 2.38. The van der Waals surface area contributed by atoms with Gasteiger partial charge in [0.05, 0.1) is 90.7 Å². The van der Waals surface area contributed by atoms with E-state index in [9.17, 15) is 0 Å². The van der Waals surface area contributed by atoms with Crippen molar-refractivity contribution >= 4 is 98.6 Å². The van der Waals surface area contributed by atoms with E-state index in [0.29, 0.717) is 0 Å². The van der Waals surface area contributed by atoms with Gasteiger partial charge in [-0.1, -0.05) is 109 Å². The van der Waals surface area contributed by atoms with E-state index in [1.807, 2.05) is 12.4 Å². The van der Waals surface area contributed by atoms with E-state index < -0.39 is 0 Å². The van der Waals surface area contributed by atoms with Crippen LogP contribution in [0.4, 0.5) is 11.4 Å². The van der Waals surface area contributed by atoms with Gasteiger partial charge in [-0.2, -0.15) is 0 Å². The summed E-state index contributed by atoms with van der Waals surface area (Å²) in [5.41, 5.74) is 16.2. The van der Waals surface area contributed by atoms with Crippen molar-refractivity contribution in [1.82, 2.24) is 28.2 Å². The predicted molar refractivity (Wildman–Crippen MR) is 282 cm³/mol. The van der Waals surface area contributed by atoms with Crippen LogP contribution in [0.25, 0.3) is 110 Å². The van der Waals surface area contributed by atoms with Crippen LogP contribution in [0, 0.1) is 0 Å². The highest BCUT2D eigenvalue weighted by atomic mass is 15.3. The molecule has 8 nitrogen and oxygen atoms in total. The molecule has 15 rings (SSSR count). The van der Waals surface area contributed by atoms with Gasteiger partial charge >= 0.3 is 0 Å². The van der Waals surface area contributed by atoms with Crippen LogP contribution in [0.2, 0.25) is 0 Å². The summed E-state index contributed by atoms with van der Waals surface area (Å²) in [4.78, 5) is 15.4. The number of aromatic nitrogens is 6. The number of nitrogens with zero attached hydrogens (tertiary/aromatic N) is 8. The molecular weight excluding hydrogens is 833 g/mol. The van der Waals surface area contributed by atoms with Crippen molar-refractivity contribution in [2.24, 2.45) is 0 Å². The van der Waals surface area contributed by atoms with Crippen LogP contribution in [-0.4, -0.2) is 54.4 Å². The Morgan fingerprint density at radius 3 is 0.779 bits per heavy atom. The summed E-state index contributed by atoms with van der Waals surface area (Å²) < 4.78 is 10.4. The zero-order chi connectivity index (χ0) is 44.5. The lowest BCUT2D eigenvalue weighted by atomic mass is 10.0. The number of anilines is 2. The highest BCUT2D eigenvalue weighted by Crippen LogP contribution is 2.55. The summed E-state index contributed by atoms with van der Waals surface area (Å²) in [6.07, 6.45) is 12.6. The normalized spacial score (nSPS) is 14.5. The molecule has 0 radical (unpaired) electrons. The molecule has 6 aromatic heterocycles. The number of benzene rings is 7. The lowest BCUT2D eigenvalue weighted by molar-refractivity contribution is 0.900. The Bertz CT molecular complexity index is 3710. The van der Waals surface area contributed by atoms with E-state index >= 15 is 0 Å². The lowest BCUT2D eigenvalue weighted by Crippen LogP contribution is -2.29.